The Balaban J connectivity index is 1.22. The van der Waals surface area contributed by atoms with Crippen molar-refractivity contribution in [3.05, 3.63) is 72.7 Å². The number of carbonyl (C=O) groups is 1. The van der Waals surface area contributed by atoms with Crippen LogP contribution in [0.15, 0.2) is 67.1 Å². The van der Waals surface area contributed by atoms with Gasteiger partial charge >= 0.3 is 0 Å². The van der Waals surface area contributed by atoms with E-state index in [9.17, 15) is 9.90 Å². The minimum atomic E-state index is -0.876. The Kier molecular flexibility index (Phi) is 5.14. The Morgan fingerprint density at radius 3 is 2.94 bits per heavy atom. The first-order valence-corrected chi connectivity index (χ1v) is 11.9. The minimum Gasteiger partial charge on any atom is -0.388 e. The topological polar surface area (TPSA) is 103 Å². The van der Waals surface area contributed by atoms with E-state index in [1.165, 1.54) is 0 Å². The molecule has 2 atom stereocenters. The van der Waals surface area contributed by atoms with Crippen LogP contribution in [0.25, 0.3) is 27.6 Å². The highest BCUT2D eigenvalue weighted by Gasteiger charge is 2.35. The maximum absolute atomic E-state index is 13.1. The lowest BCUT2D eigenvalue weighted by Gasteiger charge is -2.37. The Labute approximate surface area is 202 Å². The summed E-state index contributed by atoms with van der Waals surface area (Å²) in [5.41, 5.74) is 1.51. The van der Waals surface area contributed by atoms with Crippen molar-refractivity contribution in [3.63, 3.8) is 0 Å². The normalized spacial score (nSPS) is 20.5. The Morgan fingerprint density at radius 1 is 1.20 bits per heavy atom. The van der Waals surface area contributed by atoms with Gasteiger partial charge in [-0.3, -0.25) is 9.48 Å². The van der Waals surface area contributed by atoms with E-state index in [2.05, 4.69) is 20.6 Å². The summed E-state index contributed by atoms with van der Waals surface area (Å²) in [5, 5.41) is 29.5. The van der Waals surface area contributed by atoms with Crippen LogP contribution in [-0.4, -0.2) is 52.0 Å². The molecule has 2 N–H and O–H groups in total. The largest absolute Gasteiger partial charge is 0.388 e. The highest BCUT2D eigenvalue weighted by Crippen LogP contribution is 2.30. The van der Waals surface area contributed by atoms with Gasteiger partial charge in [0.25, 0.3) is 5.91 Å². The van der Waals surface area contributed by atoms with Crippen LogP contribution in [0.4, 0.5) is 0 Å². The number of aliphatic hydroxyl groups is 1. The second kappa shape index (κ2) is 8.35. The first-order valence-electron chi connectivity index (χ1n) is 11.9. The van der Waals surface area contributed by atoms with Gasteiger partial charge in [-0.05, 0) is 62.1 Å². The number of aryl methyl sites for hydroxylation is 1. The SMILES string of the molecule is Cn1nc2ccccc2c1-n1ncc2cc(C(=O)N[C@@H]3CCC[C@](O)(Cn4cccn4)C3)ccc21. The summed E-state index contributed by atoms with van der Waals surface area (Å²) in [6, 6.07) is 15.3. The molecule has 0 radical (unpaired) electrons. The molecule has 1 fully saturated rings. The second-order valence-corrected chi connectivity index (χ2v) is 9.49. The zero-order chi connectivity index (χ0) is 24.0. The number of benzene rings is 2. The molecule has 1 aliphatic carbocycles. The molecule has 9 nitrogen and oxygen atoms in total. The number of hydrogen-bond donors (Lipinski definition) is 2. The number of fused-ring (bicyclic) bond motifs is 2. The van der Waals surface area contributed by atoms with E-state index in [1.54, 1.807) is 17.1 Å². The lowest BCUT2D eigenvalue weighted by Crippen LogP contribution is -2.47. The molecule has 5 aromatic rings. The quantitative estimate of drug-likeness (QED) is 0.412. The van der Waals surface area contributed by atoms with Crippen molar-refractivity contribution < 1.29 is 9.90 Å². The molecule has 35 heavy (non-hydrogen) atoms. The lowest BCUT2D eigenvalue weighted by molar-refractivity contribution is -0.0237. The summed E-state index contributed by atoms with van der Waals surface area (Å²) in [6.07, 6.45) is 8.25. The molecule has 3 aromatic heterocycles. The van der Waals surface area contributed by atoms with Crippen LogP contribution < -0.4 is 5.32 Å². The molecule has 2 aromatic carbocycles. The number of carbonyl (C=O) groups excluding carboxylic acids is 1. The highest BCUT2D eigenvalue weighted by atomic mass is 16.3. The third-order valence-corrected chi connectivity index (χ3v) is 6.91. The molecule has 0 saturated heterocycles. The van der Waals surface area contributed by atoms with Gasteiger partial charge in [-0.1, -0.05) is 12.1 Å². The maximum atomic E-state index is 13.1. The van der Waals surface area contributed by atoms with E-state index < -0.39 is 5.60 Å². The standard InChI is InChI=1S/C26H27N7O2/c1-31-25(21-7-2-3-8-22(21)30-31)33-23-10-9-18(14-19(23)16-28-33)24(34)29-20-6-4-11-26(35,15-20)17-32-13-5-12-27-32/h2-3,5,7-10,12-14,16,20,35H,4,6,11,15,17H2,1H3,(H,29,34)/t20-,26-/m1/s1. The van der Waals surface area contributed by atoms with Crippen molar-refractivity contribution in [2.45, 2.75) is 43.9 Å². The summed E-state index contributed by atoms with van der Waals surface area (Å²) < 4.78 is 5.44. The molecule has 0 spiro atoms. The summed E-state index contributed by atoms with van der Waals surface area (Å²) in [4.78, 5) is 13.1. The fourth-order valence-corrected chi connectivity index (χ4v) is 5.30. The first kappa shape index (κ1) is 21.5. The van der Waals surface area contributed by atoms with Gasteiger partial charge in [0.2, 0.25) is 0 Å². The fourth-order valence-electron chi connectivity index (χ4n) is 5.30. The van der Waals surface area contributed by atoms with Gasteiger partial charge in [0.15, 0.2) is 5.82 Å². The number of nitrogens with zero attached hydrogens (tertiary/aromatic N) is 6. The number of hydrogen-bond acceptors (Lipinski definition) is 5. The predicted octanol–water partition coefficient (Wildman–Crippen LogP) is 3.21. The molecule has 3 heterocycles. The third kappa shape index (κ3) is 3.97. The molecule has 0 aliphatic heterocycles. The van der Waals surface area contributed by atoms with Crippen LogP contribution in [0.3, 0.4) is 0 Å². The van der Waals surface area contributed by atoms with Gasteiger partial charge in [-0.2, -0.15) is 15.3 Å². The predicted molar refractivity (Wildman–Crippen MR) is 132 cm³/mol. The highest BCUT2D eigenvalue weighted by molar-refractivity contribution is 5.98. The van der Waals surface area contributed by atoms with Crippen LogP contribution in [-0.2, 0) is 13.6 Å². The molecule has 1 aliphatic rings. The van der Waals surface area contributed by atoms with E-state index in [0.29, 0.717) is 24.9 Å². The summed E-state index contributed by atoms with van der Waals surface area (Å²) in [5.74, 6) is 0.741. The number of amides is 1. The molecule has 178 valence electrons. The Hall–Kier alpha value is -3.98. The van der Waals surface area contributed by atoms with Gasteiger partial charge in [-0.25, -0.2) is 9.36 Å². The van der Waals surface area contributed by atoms with E-state index in [0.717, 1.165) is 40.5 Å². The van der Waals surface area contributed by atoms with Gasteiger partial charge in [0, 0.05) is 41.8 Å². The Bertz CT molecular complexity index is 1520. The van der Waals surface area contributed by atoms with Crippen molar-refractivity contribution in [2.75, 3.05) is 0 Å². The molecule has 1 amide bonds. The van der Waals surface area contributed by atoms with Crippen molar-refractivity contribution >= 4 is 27.7 Å². The molecular formula is C26H27N7O2. The van der Waals surface area contributed by atoms with E-state index in [1.807, 2.05) is 71.1 Å². The van der Waals surface area contributed by atoms with Crippen LogP contribution in [0.2, 0.25) is 0 Å². The minimum absolute atomic E-state index is 0.0870. The van der Waals surface area contributed by atoms with Crippen LogP contribution >= 0.6 is 0 Å². The average molecular weight is 470 g/mol. The Morgan fingerprint density at radius 2 is 2.09 bits per heavy atom. The summed E-state index contributed by atoms with van der Waals surface area (Å²) in [7, 11) is 1.91. The maximum Gasteiger partial charge on any atom is 0.251 e. The van der Waals surface area contributed by atoms with Crippen molar-refractivity contribution in [3.8, 4) is 5.82 Å². The second-order valence-electron chi connectivity index (χ2n) is 9.49. The third-order valence-electron chi connectivity index (χ3n) is 6.91. The van der Waals surface area contributed by atoms with Crippen molar-refractivity contribution in [1.82, 2.24) is 34.7 Å². The summed E-state index contributed by atoms with van der Waals surface area (Å²) in [6.45, 7) is 0.431. The van der Waals surface area contributed by atoms with Gasteiger partial charge in [0.1, 0.15) is 0 Å². The van der Waals surface area contributed by atoms with Gasteiger partial charge in [0.05, 0.1) is 29.4 Å². The molecule has 0 unspecified atom stereocenters. The molecular weight excluding hydrogens is 442 g/mol. The molecule has 1 saturated carbocycles. The van der Waals surface area contributed by atoms with E-state index in [4.69, 9.17) is 0 Å². The summed E-state index contributed by atoms with van der Waals surface area (Å²) >= 11 is 0. The van der Waals surface area contributed by atoms with Crippen LogP contribution in [0.1, 0.15) is 36.0 Å². The van der Waals surface area contributed by atoms with Gasteiger partial charge < -0.3 is 10.4 Å². The van der Waals surface area contributed by atoms with Gasteiger partial charge in [-0.15, -0.1) is 0 Å². The zero-order valence-corrected chi connectivity index (χ0v) is 19.5. The average Bonchev–Trinajstić information content (AvgIpc) is 3.56. The van der Waals surface area contributed by atoms with Crippen molar-refractivity contribution in [2.24, 2.45) is 7.05 Å². The number of rotatable bonds is 5. The van der Waals surface area contributed by atoms with E-state index >= 15 is 0 Å². The van der Waals surface area contributed by atoms with Crippen LogP contribution in [0.5, 0.6) is 0 Å². The van der Waals surface area contributed by atoms with Crippen LogP contribution in [0, 0.1) is 0 Å². The van der Waals surface area contributed by atoms with E-state index in [-0.39, 0.29) is 11.9 Å². The monoisotopic (exact) mass is 469 g/mol. The number of nitrogens with one attached hydrogen (secondary N) is 1. The molecule has 9 heteroatoms. The first-order chi connectivity index (χ1) is 17.0. The molecule has 6 rings (SSSR count). The molecule has 0 bridgehead atoms. The fraction of sp³-hybridized carbons (Fsp3) is 0.308. The zero-order valence-electron chi connectivity index (χ0n) is 19.5. The number of aromatic nitrogens is 6. The van der Waals surface area contributed by atoms with Crippen molar-refractivity contribution in [1.29, 1.82) is 0 Å². The lowest BCUT2D eigenvalue weighted by atomic mass is 9.81. The smallest absolute Gasteiger partial charge is 0.251 e.